The number of hydrogen-bond acceptors (Lipinski definition) is 4. The second-order valence-electron chi connectivity index (χ2n) is 10.1. The summed E-state index contributed by atoms with van der Waals surface area (Å²) >= 11 is 0. The first-order chi connectivity index (χ1) is 14.0. The van der Waals surface area contributed by atoms with Gasteiger partial charge in [0.1, 0.15) is 0 Å². The summed E-state index contributed by atoms with van der Waals surface area (Å²) in [5.74, 6) is 8.23. The first-order valence-electron chi connectivity index (χ1n) is 11.8. The van der Waals surface area contributed by atoms with Gasteiger partial charge in [0.15, 0.2) is 0 Å². The predicted molar refractivity (Wildman–Crippen MR) is 115 cm³/mol. The van der Waals surface area contributed by atoms with Crippen LogP contribution in [0.5, 0.6) is 0 Å². The molecule has 0 amide bonds. The number of aliphatic hydroxyl groups excluding tert-OH is 2. The van der Waals surface area contributed by atoms with Crippen molar-refractivity contribution in [2.75, 3.05) is 32.8 Å². The van der Waals surface area contributed by atoms with Crippen LogP contribution in [0.2, 0.25) is 0 Å². The Labute approximate surface area is 176 Å². The van der Waals surface area contributed by atoms with E-state index in [0.717, 1.165) is 32.1 Å². The third kappa shape index (κ3) is 4.17. The fourth-order valence-electron chi connectivity index (χ4n) is 6.84. The molecule has 2 bridgehead atoms. The highest BCUT2D eigenvalue weighted by molar-refractivity contribution is 5.21. The standard InChI is InChI=1S/C25H39NO3/c1-3-4-7-18(2)23(27)9-8-20-21-14-19-15-25(21,16-24(20)28)22(19)17-29-13-12-26-10-5-6-11-26/h8-9,18-24,27-28H,5-7,10-17H2,1-2H3/b9-8+/t18-,19?,20-,21+,22?,23?,24+,25+/m1/s1. The zero-order chi connectivity index (χ0) is 20.4. The average Bonchev–Trinajstić information content (AvgIpc) is 3.44. The lowest BCUT2D eigenvalue weighted by molar-refractivity contribution is -0.0569. The summed E-state index contributed by atoms with van der Waals surface area (Å²) in [6.45, 7) is 9.12. The Bertz CT molecular complexity index is 646. The molecule has 1 aliphatic heterocycles. The van der Waals surface area contributed by atoms with Crippen molar-refractivity contribution in [1.29, 1.82) is 0 Å². The van der Waals surface area contributed by atoms with Crippen molar-refractivity contribution < 1.29 is 14.9 Å². The summed E-state index contributed by atoms with van der Waals surface area (Å²) in [5.41, 5.74) is 0.289. The molecule has 1 saturated heterocycles. The van der Waals surface area contributed by atoms with E-state index in [2.05, 4.69) is 22.8 Å². The van der Waals surface area contributed by atoms with Crippen LogP contribution in [0.3, 0.4) is 0 Å². The molecule has 162 valence electrons. The summed E-state index contributed by atoms with van der Waals surface area (Å²) in [6, 6.07) is 0. The van der Waals surface area contributed by atoms with Gasteiger partial charge in [0.2, 0.25) is 0 Å². The van der Waals surface area contributed by atoms with Gasteiger partial charge in [-0.2, -0.15) is 0 Å². The summed E-state index contributed by atoms with van der Waals surface area (Å²) in [7, 11) is 0. The molecule has 1 heterocycles. The molecule has 4 heteroatoms. The zero-order valence-corrected chi connectivity index (χ0v) is 18.2. The fourth-order valence-corrected chi connectivity index (χ4v) is 6.84. The second-order valence-corrected chi connectivity index (χ2v) is 10.1. The molecule has 29 heavy (non-hydrogen) atoms. The van der Waals surface area contributed by atoms with Gasteiger partial charge in [-0.05, 0) is 81.2 Å². The van der Waals surface area contributed by atoms with E-state index in [-0.39, 0.29) is 23.4 Å². The molecule has 5 rings (SSSR count). The number of hydrogen-bond donors (Lipinski definition) is 2. The van der Waals surface area contributed by atoms with E-state index in [1.807, 2.05) is 19.9 Å². The van der Waals surface area contributed by atoms with Crippen molar-refractivity contribution >= 4 is 0 Å². The van der Waals surface area contributed by atoms with Gasteiger partial charge in [-0.1, -0.05) is 19.1 Å². The van der Waals surface area contributed by atoms with Crippen molar-refractivity contribution in [3.63, 3.8) is 0 Å². The lowest BCUT2D eigenvalue weighted by Crippen LogP contribution is -2.44. The molecule has 5 fully saturated rings. The summed E-state index contributed by atoms with van der Waals surface area (Å²) in [4.78, 5) is 2.51. The highest BCUT2D eigenvalue weighted by atomic mass is 16.5. The van der Waals surface area contributed by atoms with Crippen molar-refractivity contribution in [3.05, 3.63) is 12.2 Å². The Morgan fingerprint density at radius 3 is 2.83 bits per heavy atom. The molecular weight excluding hydrogens is 362 g/mol. The topological polar surface area (TPSA) is 52.9 Å². The highest BCUT2D eigenvalue weighted by Crippen LogP contribution is 2.73. The Morgan fingerprint density at radius 1 is 1.28 bits per heavy atom. The van der Waals surface area contributed by atoms with Gasteiger partial charge in [0.25, 0.3) is 0 Å². The van der Waals surface area contributed by atoms with E-state index in [0.29, 0.717) is 18.3 Å². The molecule has 0 radical (unpaired) electrons. The Hall–Kier alpha value is -0.860. The zero-order valence-electron chi connectivity index (χ0n) is 18.2. The first kappa shape index (κ1) is 21.4. The number of ether oxygens (including phenoxy) is 1. The van der Waals surface area contributed by atoms with Crippen LogP contribution in [0.1, 0.15) is 52.4 Å². The van der Waals surface area contributed by atoms with Crippen LogP contribution in [0.4, 0.5) is 0 Å². The van der Waals surface area contributed by atoms with Gasteiger partial charge in [0.05, 0.1) is 25.4 Å². The summed E-state index contributed by atoms with van der Waals surface area (Å²) < 4.78 is 6.13. The molecule has 5 aliphatic rings. The molecule has 8 atom stereocenters. The van der Waals surface area contributed by atoms with E-state index in [4.69, 9.17) is 4.74 Å². The van der Waals surface area contributed by atoms with Crippen LogP contribution in [-0.2, 0) is 4.74 Å². The Morgan fingerprint density at radius 2 is 2.07 bits per heavy atom. The van der Waals surface area contributed by atoms with Crippen molar-refractivity contribution in [3.8, 4) is 11.8 Å². The minimum absolute atomic E-state index is 0.125. The van der Waals surface area contributed by atoms with Crippen LogP contribution in [0.25, 0.3) is 0 Å². The Kier molecular flexibility index (Phi) is 6.71. The highest BCUT2D eigenvalue weighted by Gasteiger charge is 2.69. The maximum Gasteiger partial charge on any atom is 0.0755 e. The van der Waals surface area contributed by atoms with Crippen LogP contribution < -0.4 is 0 Å². The lowest BCUT2D eigenvalue weighted by Gasteiger charge is -2.47. The lowest BCUT2D eigenvalue weighted by atomic mass is 9.58. The van der Waals surface area contributed by atoms with Crippen LogP contribution >= 0.6 is 0 Å². The van der Waals surface area contributed by atoms with Gasteiger partial charge in [0, 0.05) is 18.9 Å². The van der Waals surface area contributed by atoms with E-state index in [1.54, 1.807) is 0 Å². The number of aliphatic hydroxyl groups is 2. The Balaban J connectivity index is 1.29. The molecule has 4 aliphatic carbocycles. The van der Waals surface area contributed by atoms with Crippen molar-refractivity contribution in [2.45, 2.75) is 64.6 Å². The van der Waals surface area contributed by atoms with E-state index in [9.17, 15) is 10.2 Å². The molecule has 0 aromatic rings. The van der Waals surface area contributed by atoms with Crippen molar-refractivity contribution in [2.24, 2.45) is 35.0 Å². The number of nitrogens with zero attached hydrogens (tertiary/aromatic N) is 1. The predicted octanol–water partition coefficient (Wildman–Crippen LogP) is 3.09. The van der Waals surface area contributed by atoms with E-state index < -0.39 is 6.10 Å². The number of rotatable bonds is 9. The monoisotopic (exact) mass is 401 g/mol. The molecular formula is C25H39NO3. The molecule has 0 aromatic heterocycles. The van der Waals surface area contributed by atoms with Crippen LogP contribution in [0.15, 0.2) is 12.2 Å². The van der Waals surface area contributed by atoms with Gasteiger partial charge in [-0.25, -0.2) is 0 Å². The van der Waals surface area contributed by atoms with E-state index >= 15 is 0 Å². The number of likely N-dealkylation sites (tertiary alicyclic amines) is 1. The third-order valence-corrected chi connectivity index (χ3v) is 8.51. The third-order valence-electron chi connectivity index (χ3n) is 8.51. The molecule has 4 saturated carbocycles. The van der Waals surface area contributed by atoms with Gasteiger partial charge < -0.3 is 19.8 Å². The molecule has 3 unspecified atom stereocenters. The maximum atomic E-state index is 10.8. The minimum Gasteiger partial charge on any atom is -0.392 e. The largest absolute Gasteiger partial charge is 0.392 e. The fraction of sp³-hybridized carbons (Fsp3) is 0.840. The quantitative estimate of drug-likeness (QED) is 0.354. The second kappa shape index (κ2) is 9.10. The normalized spacial score (nSPS) is 40.5. The first-order valence-corrected chi connectivity index (χ1v) is 11.8. The summed E-state index contributed by atoms with van der Waals surface area (Å²) in [6.07, 6.45) is 10.1. The smallest absolute Gasteiger partial charge is 0.0755 e. The minimum atomic E-state index is -0.485. The molecule has 2 N–H and O–H groups in total. The van der Waals surface area contributed by atoms with Crippen LogP contribution in [0, 0.1) is 46.8 Å². The average molecular weight is 402 g/mol. The SMILES string of the molecule is CC#CC[C@@H](C)C(O)/C=C/[C@H]1[C@@H](O)C[C@@]23CC(C[C@@H]12)C3COCCN1CCCC1. The van der Waals surface area contributed by atoms with Gasteiger partial charge in [-0.15, -0.1) is 11.8 Å². The van der Waals surface area contributed by atoms with Gasteiger partial charge in [-0.3, -0.25) is 0 Å². The van der Waals surface area contributed by atoms with E-state index in [1.165, 1.54) is 38.8 Å². The molecule has 1 spiro atoms. The van der Waals surface area contributed by atoms with Crippen LogP contribution in [-0.4, -0.2) is 60.2 Å². The molecule has 0 aromatic carbocycles. The maximum absolute atomic E-state index is 10.8. The summed E-state index contributed by atoms with van der Waals surface area (Å²) in [5, 5.41) is 21.2. The van der Waals surface area contributed by atoms with Gasteiger partial charge >= 0.3 is 0 Å². The van der Waals surface area contributed by atoms with Crippen molar-refractivity contribution in [1.82, 2.24) is 4.90 Å². The molecule has 4 nitrogen and oxygen atoms in total.